The van der Waals surface area contributed by atoms with Crippen molar-refractivity contribution >= 4 is 8.07 Å². The van der Waals surface area contributed by atoms with E-state index in [2.05, 4.69) is 55.3 Å². The third-order valence-electron chi connectivity index (χ3n) is 2.80. The second-order valence-corrected chi connectivity index (χ2v) is 10.7. The van der Waals surface area contributed by atoms with Crippen LogP contribution in [0.15, 0.2) is 30.3 Å². The highest BCUT2D eigenvalue weighted by Crippen LogP contribution is 2.13. The Bertz CT molecular complexity index is 295. The van der Waals surface area contributed by atoms with Gasteiger partial charge in [-0.1, -0.05) is 50.0 Å². The van der Waals surface area contributed by atoms with E-state index in [0.29, 0.717) is 12.4 Å². The molecule has 1 rings (SSSR count). The van der Waals surface area contributed by atoms with Crippen molar-refractivity contribution in [1.29, 1.82) is 0 Å². The molecule has 0 saturated carbocycles. The first kappa shape index (κ1) is 13.4. The summed E-state index contributed by atoms with van der Waals surface area (Å²) in [5.41, 5.74) is 1.97. The lowest BCUT2D eigenvalue weighted by atomic mass is 10.1. The van der Waals surface area contributed by atoms with Crippen molar-refractivity contribution in [3.05, 3.63) is 35.9 Å². The number of hydrogen-bond donors (Lipinski definition) is 1. The minimum absolute atomic E-state index is 0.565. The molecule has 0 aliphatic carbocycles. The van der Waals surface area contributed by atoms with Crippen molar-refractivity contribution in [2.75, 3.05) is 13.8 Å². The van der Waals surface area contributed by atoms with Crippen LogP contribution in [0.4, 0.5) is 0 Å². The molecule has 1 aromatic carbocycles. The standard InChI is InChI=1S/C13H23NOSi/c1-15-11-14-13(16(2,3)4)10-12-8-6-5-7-9-12/h5-9,13-14H,10-11H2,1-4H3. The highest BCUT2D eigenvalue weighted by molar-refractivity contribution is 6.77. The summed E-state index contributed by atoms with van der Waals surface area (Å²) in [6, 6.07) is 10.7. The SMILES string of the molecule is COCNC(Cc1ccccc1)[Si](C)(C)C. The molecule has 1 atom stereocenters. The number of hydrogen-bond acceptors (Lipinski definition) is 2. The maximum absolute atomic E-state index is 5.12. The Morgan fingerprint density at radius 1 is 1.19 bits per heavy atom. The molecule has 1 aromatic rings. The van der Waals surface area contributed by atoms with Crippen LogP contribution in [0.1, 0.15) is 5.56 Å². The van der Waals surface area contributed by atoms with E-state index < -0.39 is 8.07 Å². The molecular weight excluding hydrogens is 214 g/mol. The van der Waals surface area contributed by atoms with Gasteiger partial charge < -0.3 is 4.74 Å². The van der Waals surface area contributed by atoms with Gasteiger partial charge in [-0.15, -0.1) is 0 Å². The topological polar surface area (TPSA) is 21.3 Å². The van der Waals surface area contributed by atoms with Gasteiger partial charge in [-0.3, -0.25) is 5.32 Å². The van der Waals surface area contributed by atoms with Crippen LogP contribution in [-0.4, -0.2) is 27.6 Å². The summed E-state index contributed by atoms with van der Waals surface area (Å²) < 4.78 is 5.12. The van der Waals surface area contributed by atoms with E-state index in [1.165, 1.54) is 5.56 Å². The Morgan fingerprint density at radius 3 is 2.31 bits per heavy atom. The van der Waals surface area contributed by atoms with Gasteiger partial charge in [0, 0.05) is 12.8 Å². The molecular formula is C13H23NOSi. The molecule has 90 valence electrons. The van der Waals surface area contributed by atoms with Crippen LogP contribution < -0.4 is 5.32 Å². The van der Waals surface area contributed by atoms with E-state index in [-0.39, 0.29) is 0 Å². The fourth-order valence-electron chi connectivity index (χ4n) is 1.72. The number of nitrogens with one attached hydrogen (secondary N) is 1. The molecule has 0 amide bonds. The van der Waals surface area contributed by atoms with Crippen LogP contribution in [0.25, 0.3) is 0 Å². The lowest BCUT2D eigenvalue weighted by molar-refractivity contribution is 0.171. The minimum atomic E-state index is -1.20. The van der Waals surface area contributed by atoms with Gasteiger partial charge in [-0.2, -0.15) is 0 Å². The van der Waals surface area contributed by atoms with Gasteiger partial charge in [0.25, 0.3) is 0 Å². The Kier molecular flexibility index (Phi) is 5.18. The van der Waals surface area contributed by atoms with Crippen LogP contribution in [0, 0.1) is 0 Å². The number of rotatable bonds is 6. The molecule has 0 saturated heterocycles. The molecule has 0 fully saturated rings. The van der Waals surface area contributed by atoms with Gasteiger partial charge in [0.15, 0.2) is 0 Å². The third kappa shape index (κ3) is 4.47. The highest BCUT2D eigenvalue weighted by Gasteiger charge is 2.26. The molecule has 0 heterocycles. The monoisotopic (exact) mass is 237 g/mol. The van der Waals surface area contributed by atoms with E-state index in [4.69, 9.17) is 4.74 Å². The average molecular weight is 237 g/mol. The van der Waals surface area contributed by atoms with Crippen molar-refractivity contribution in [2.45, 2.75) is 31.7 Å². The first-order chi connectivity index (χ1) is 7.54. The quantitative estimate of drug-likeness (QED) is 0.607. The maximum atomic E-state index is 5.12. The van der Waals surface area contributed by atoms with Crippen LogP contribution in [-0.2, 0) is 11.2 Å². The van der Waals surface area contributed by atoms with Gasteiger partial charge >= 0.3 is 0 Å². The smallest absolute Gasteiger partial charge is 0.0961 e. The first-order valence-corrected chi connectivity index (χ1v) is 9.38. The molecule has 0 aromatic heterocycles. The second-order valence-electron chi connectivity index (χ2n) is 5.25. The zero-order valence-corrected chi connectivity index (χ0v) is 11.8. The van der Waals surface area contributed by atoms with E-state index in [0.717, 1.165) is 6.42 Å². The second kappa shape index (κ2) is 6.18. The molecule has 0 radical (unpaired) electrons. The van der Waals surface area contributed by atoms with Crippen LogP contribution in [0.3, 0.4) is 0 Å². The maximum Gasteiger partial charge on any atom is 0.0961 e. The summed E-state index contributed by atoms with van der Waals surface area (Å²) >= 11 is 0. The Hall–Kier alpha value is -0.643. The Balaban J connectivity index is 2.64. The molecule has 0 aliphatic heterocycles. The largest absolute Gasteiger partial charge is 0.370 e. The Morgan fingerprint density at radius 2 is 1.81 bits per heavy atom. The van der Waals surface area contributed by atoms with Crippen molar-refractivity contribution in [1.82, 2.24) is 5.32 Å². The zero-order valence-electron chi connectivity index (χ0n) is 10.8. The first-order valence-electron chi connectivity index (χ1n) is 5.80. The lowest BCUT2D eigenvalue weighted by Gasteiger charge is -2.30. The fourth-order valence-corrected chi connectivity index (χ4v) is 3.26. The molecule has 1 unspecified atom stereocenters. The predicted molar refractivity (Wildman–Crippen MR) is 72.3 cm³/mol. The molecule has 0 spiro atoms. The van der Waals surface area contributed by atoms with Gasteiger partial charge in [0.1, 0.15) is 0 Å². The predicted octanol–water partition coefficient (Wildman–Crippen LogP) is 2.67. The summed E-state index contributed by atoms with van der Waals surface area (Å²) in [7, 11) is 0.535. The average Bonchev–Trinajstić information content (AvgIpc) is 2.24. The van der Waals surface area contributed by atoms with Crippen molar-refractivity contribution in [3.8, 4) is 0 Å². The molecule has 3 heteroatoms. The number of ether oxygens (including phenoxy) is 1. The molecule has 16 heavy (non-hydrogen) atoms. The van der Waals surface area contributed by atoms with Crippen molar-refractivity contribution in [3.63, 3.8) is 0 Å². The van der Waals surface area contributed by atoms with Gasteiger partial charge in [0.05, 0.1) is 14.8 Å². The summed E-state index contributed by atoms with van der Waals surface area (Å²) in [6.07, 6.45) is 1.10. The van der Waals surface area contributed by atoms with E-state index in [1.54, 1.807) is 7.11 Å². The summed E-state index contributed by atoms with van der Waals surface area (Å²) in [5, 5.41) is 3.50. The van der Waals surface area contributed by atoms with Crippen molar-refractivity contribution < 1.29 is 4.74 Å². The summed E-state index contributed by atoms with van der Waals surface area (Å²) in [4.78, 5) is 0. The lowest BCUT2D eigenvalue weighted by Crippen LogP contribution is -2.50. The van der Waals surface area contributed by atoms with Gasteiger partial charge in [-0.05, 0) is 12.0 Å². The van der Waals surface area contributed by atoms with Crippen LogP contribution >= 0.6 is 0 Å². The normalized spacial score (nSPS) is 13.8. The zero-order chi connectivity index (χ0) is 12.0. The number of benzene rings is 1. The summed E-state index contributed by atoms with van der Waals surface area (Å²) in [6.45, 7) is 7.82. The summed E-state index contributed by atoms with van der Waals surface area (Å²) in [5.74, 6) is 0. The van der Waals surface area contributed by atoms with Crippen molar-refractivity contribution in [2.24, 2.45) is 0 Å². The van der Waals surface area contributed by atoms with Crippen LogP contribution in [0.5, 0.6) is 0 Å². The third-order valence-corrected chi connectivity index (χ3v) is 5.30. The molecule has 0 aliphatic rings. The Labute approximate surface area is 100 Å². The minimum Gasteiger partial charge on any atom is -0.370 e. The van der Waals surface area contributed by atoms with Gasteiger partial charge in [-0.25, -0.2) is 0 Å². The van der Waals surface area contributed by atoms with E-state index in [9.17, 15) is 0 Å². The van der Waals surface area contributed by atoms with Gasteiger partial charge in [0.2, 0.25) is 0 Å². The number of methoxy groups -OCH3 is 1. The highest BCUT2D eigenvalue weighted by atomic mass is 28.3. The molecule has 2 nitrogen and oxygen atoms in total. The molecule has 1 N–H and O–H groups in total. The van der Waals surface area contributed by atoms with E-state index in [1.807, 2.05) is 0 Å². The van der Waals surface area contributed by atoms with Crippen LogP contribution in [0.2, 0.25) is 19.6 Å². The fraction of sp³-hybridized carbons (Fsp3) is 0.538. The molecule has 0 bridgehead atoms. The van der Waals surface area contributed by atoms with E-state index >= 15 is 0 Å².